The molecule has 0 atom stereocenters. The molecule has 0 aromatic carbocycles. The zero-order chi connectivity index (χ0) is 16.6. The second-order valence-corrected chi connectivity index (χ2v) is 7.79. The fraction of sp³-hybridized carbons (Fsp3) is 0.529. The van der Waals surface area contributed by atoms with Crippen LogP contribution in [-0.4, -0.2) is 34.3 Å². The predicted molar refractivity (Wildman–Crippen MR) is 95.1 cm³/mol. The molecule has 3 heterocycles. The number of anilines is 1. The van der Waals surface area contributed by atoms with Gasteiger partial charge in [-0.25, -0.2) is 14.3 Å². The quantitative estimate of drug-likeness (QED) is 0.727. The molecule has 5 nitrogen and oxygen atoms in total. The molecule has 1 saturated heterocycles. The molecule has 0 amide bonds. The van der Waals surface area contributed by atoms with Crippen molar-refractivity contribution in [1.82, 2.24) is 9.55 Å². The fourth-order valence-corrected chi connectivity index (χ4v) is 3.33. The van der Waals surface area contributed by atoms with Crippen LogP contribution >= 0.6 is 15.9 Å². The van der Waals surface area contributed by atoms with E-state index in [0.717, 1.165) is 28.6 Å². The van der Waals surface area contributed by atoms with E-state index in [1.165, 1.54) is 23.8 Å². The summed E-state index contributed by atoms with van der Waals surface area (Å²) in [5, 5.41) is 0.930. The molecule has 0 N–H and O–H groups in total. The highest BCUT2D eigenvalue weighted by Crippen LogP contribution is 2.30. The van der Waals surface area contributed by atoms with Crippen molar-refractivity contribution in [3.8, 4) is 0 Å². The van der Waals surface area contributed by atoms with Gasteiger partial charge in [0.05, 0.1) is 11.9 Å². The minimum atomic E-state index is -0.534. The maximum atomic E-state index is 12.3. The summed E-state index contributed by atoms with van der Waals surface area (Å²) >= 11 is 3.54. The van der Waals surface area contributed by atoms with E-state index < -0.39 is 11.7 Å². The molecule has 124 valence electrons. The molecule has 0 bridgehead atoms. The molecule has 2 aromatic rings. The van der Waals surface area contributed by atoms with Gasteiger partial charge < -0.3 is 9.64 Å². The summed E-state index contributed by atoms with van der Waals surface area (Å²) < 4.78 is 7.76. The number of carbonyl (C=O) groups is 1. The Morgan fingerprint density at radius 1 is 1.26 bits per heavy atom. The molecule has 0 aliphatic carbocycles. The maximum Gasteiger partial charge on any atom is 0.420 e. The number of halogens is 1. The van der Waals surface area contributed by atoms with E-state index in [9.17, 15) is 4.79 Å². The van der Waals surface area contributed by atoms with Crippen molar-refractivity contribution >= 4 is 38.7 Å². The molecule has 2 aromatic heterocycles. The number of hydrogen-bond acceptors (Lipinski definition) is 4. The summed E-state index contributed by atoms with van der Waals surface area (Å²) in [4.78, 5) is 19.2. The number of carbonyl (C=O) groups excluding carboxylic acids is 1. The van der Waals surface area contributed by atoms with Crippen molar-refractivity contribution in [2.45, 2.75) is 45.6 Å². The van der Waals surface area contributed by atoms with Crippen LogP contribution in [0.5, 0.6) is 0 Å². The van der Waals surface area contributed by atoms with Gasteiger partial charge in [-0.15, -0.1) is 0 Å². The first-order valence-electron chi connectivity index (χ1n) is 8.00. The predicted octanol–water partition coefficient (Wildman–Crippen LogP) is 4.57. The van der Waals surface area contributed by atoms with Crippen molar-refractivity contribution in [2.24, 2.45) is 0 Å². The molecular weight excluding hydrogens is 358 g/mol. The highest BCUT2D eigenvalue weighted by Gasteiger charge is 2.22. The molecule has 0 spiro atoms. The lowest BCUT2D eigenvalue weighted by Gasteiger charge is -2.28. The lowest BCUT2D eigenvalue weighted by Crippen LogP contribution is -2.29. The zero-order valence-corrected chi connectivity index (χ0v) is 15.4. The van der Waals surface area contributed by atoms with Crippen LogP contribution in [-0.2, 0) is 4.74 Å². The van der Waals surface area contributed by atoms with Gasteiger partial charge in [-0.2, -0.15) is 0 Å². The number of pyridine rings is 1. The second kappa shape index (κ2) is 6.15. The number of nitrogens with zero attached hydrogens (tertiary/aromatic N) is 3. The first kappa shape index (κ1) is 16.3. The third-order valence-electron chi connectivity index (χ3n) is 3.89. The summed E-state index contributed by atoms with van der Waals surface area (Å²) in [5.74, 6) is 0. The van der Waals surface area contributed by atoms with Crippen LogP contribution in [0.4, 0.5) is 10.5 Å². The average Bonchev–Trinajstić information content (AvgIpc) is 2.83. The van der Waals surface area contributed by atoms with Crippen LogP contribution in [0.3, 0.4) is 0 Å². The number of fused-ring (bicyclic) bond motifs is 1. The Kier molecular flexibility index (Phi) is 4.36. The third-order valence-corrected chi connectivity index (χ3v) is 4.52. The number of aromatic nitrogens is 2. The Morgan fingerprint density at radius 3 is 2.61 bits per heavy atom. The normalized spacial score (nSPS) is 15.9. The van der Waals surface area contributed by atoms with Gasteiger partial charge in [0, 0.05) is 29.1 Å². The smallest absolute Gasteiger partial charge is 0.420 e. The van der Waals surface area contributed by atoms with Gasteiger partial charge in [-0.1, -0.05) is 0 Å². The van der Waals surface area contributed by atoms with Crippen LogP contribution < -0.4 is 4.90 Å². The van der Waals surface area contributed by atoms with E-state index in [1.807, 2.05) is 27.0 Å². The van der Waals surface area contributed by atoms with E-state index in [2.05, 4.69) is 31.9 Å². The monoisotopic (exact) mass is 379 g/mol. The van der Waals surface area contributed by atoms with Crippen molar-refractivity contribution in [3.05, 3.63) is 22.9 Å². The Labute approximate surface area is 144 Å². The van der Waals surface area contributed by atoms with Crippen LogP contribution in [0.15, 0.2) is 22.9 Å². The van der Waals surface area contributed by atoms with Crippen molar-refractivity contribution in [2.75, 3.05) is 18.0 Å². The van der Waals surface area contributed by atoms with Gasteiger partial charge in [-0.3, -0.25) is 0 Å². The molecule has 6 heteroatoms. The topological polar surface area (TPSA) is 47.4 Å². The molecule has 0 radical (unpaired) electrons. The molecule has 3 rings (SSSR count). The van der Waals surface area contributed by atoms with Gasteiger partial charge in [0.25, 0.3) is 0 Å². The zero-order valence-electron chi connectivity index (χ0n) is 13.8. The molecule has 1 fully saturated rings. The molecule has 1 aliphatic heterocycles. The van der Waals surface area contributed by atoms with E-state index in [-0.39, 0.29) is 0 Å². The third kappa shape index (κ3) is 3.52. The van der Waals surface area contributed by atoms with Crippen molar-refractivity contribution in [1.29, 1.82) is 0 Å². The largest absolute Gasteiger partial charge is 0.443 e. The minimum Gasteiger partial charge on any atom is -0.443 e. The summed E-state index contributed by atoms with van der Waals surface area (Å²) in [6.45, 7) is 7.70. The number of rotatable bonds is 1. The van der Waals surface area contributed by atoms with Gasteiger partial charge in [0.2, 0.25) is 0 Å². The molecule has 23 heavy (non-hydrogen) atoms. The highest BCUT2D eigenvalue weighted by atomic mass is 79.9. The Bertz CT molecular complexity index is 727. The summed E-state index contributed by atoms with van der Waals surface area (Å²) in [5.41, 5.74) is 1.19. The maximum absolute atomic E-state index is 12.3. The van der Waals surface area contributed by atoms with E-state index in [1.54, 1.807) is 6.20 Å². The van der Waals surface area contributed by atoms with Gasteiger partial charge in [0.1, 0.15) is 5.60 Å². The molecule has 0 unspecified atom stereocenters. The Hall–Kier alpha value is -1.56. The van der Waals surface area contributed by atoms with Crippen LogP contribution in [0.25, 0.3) is 11.0 Å². The number of hydrogen-bond donors (Lipinski definition) is 0. The first-order valence-corrected chi connectivity index (χ1v) is 8.79. The van der Waals surface area contributed by atoms with E-state index in [4.69, 9.17) is 4.74 Å². The molecular formula is C17H22BrN3O2. The van der Waals surface area contributed by atoms with Crippen LogP contribution in [0, 0.1) is 0 Å². The molecule has 1 aliphatic rings. The second-order valence-electron chi connectivity index (χ2n) is 6.94. The Balaban J connectivity index is 1.95. The minimum absolute atomic E-state index is 0.411. The van der Waals surface area contributed by atoms with Crippen molar-refractivity contribution in [3.63, 3.8) is 0 Å². The lowest BCUT2D eigenvalue weighted by molar-refractivity contribution is 0.0543. The van der Waals surface area contributed by atoms with Crippen LogP contribution in [0.2, 0.25) is 0 Å². The van der Waals surface area contributed by atoms with Gasteiger partial charge in [0.15, 0.2) is 5.65 Å². The van der Waals surface area contributed by atoms with Gasteiger partial charge >= 0.3 is 6.09 Å². The van der Waals surface area contributed by atoms with Crippen LogP contribution in [0.1, 0.15) is 40.0 Å². The first-order chi connectivity index (χ1) is 10.8. The van der Waals surface area contributed by atoms with E-state index >= 15 is 0 Å². The molecule has 0 saturated carbocycles. The van der Waals surface area contributed by atoms with Crippen molar-refractivity contribution < 1.29 is 9.53 Å². The summed E-state index contributed by atoms with van der Waals surface area (Å²) in [6, 6.07) is 2.10. The fourth-order valence-electron chi connectivity index (χ4n) is 2.83. The highest BCUT2D eigenvalue weighted by molar-refractivity contribution is 9.10. The summed E-state index contributed by atoms with van der Waals surface area (Å²) in [6.07, 6.45) is 6.90. The number of piperidine rings is 1. The Morgan fingerprint density at radius 2 is 1.96 bits per heavy atom. The summed E-state index contributed by atoms with van der Waals surface area (Å²) in [7, 11) is 0. The van der Waals surface area contributed by atoms with Gasteiger partial charge in [-0.05, 0) is 62.0 Å². The number of ether oxygens (including phenoxy) is 1. The average molecular weight is 380 g/mol. The van der Waals surface area contributed by atoms with E-state index in [0.29, 0.717) is 5.65 Å². The SMILES string of the molecule is CC(C)(C)OC(=O)n1cc(Br)c2cc(N3CCCCC3)cnc21. The standard InChI is InChI=1S/C17H22BrN3O2/c1-17(2,3)23-16(22)21-11-14(18)13-9-12(10-19-15(13)21)20-7-5-4-6-8-20/h9-11H,4-8H2,1-3H3. The lowest BCUT2D eigenvalue weighted by atomic mass is 10.1.